The topological polar surface area (TPSA) is 151 Å². The summed E-state index contributed by atoms with van der Waals surface area (Å²) in [6.07, 6.45) is 1.22. The molecule has 0 saturated carbocycles. The SMILES string of the molecule is Cc1c(C(C)C)c(-c2cccc3nn(C[C@H](O)c4ccccc4)cc23)nn1-c1ccc(C(N)=O)cc1OCC(N)=O. The number of nitrogens with zero attached hydrogens (tertiary/aromatic N) is 4. The maximum absolute atomic E-state index is 11.8. The molecule has 0 fully saturated rings. The molecule has 0 aliphatic carbocycles. The van der Waals surface area contributed by atoms with E-state index in [-0.39, 0.29) is 23.8 Å². The Kier molecular flexibility index (Phi) is 7.58. The number of ether oxygens (including phenoxy) is 1. The molecule has 2 amide bonds. The van der Waals surface area contributed by atoms with Crippen molar-refractivity contribution in [2.45, 2.75) is 39.3 Å². The maximum Gasteiger partial charge on any atom is 0.255 e. The Balaban J connectivity index is 1.61. The van der Waals surface area contributed by atoms with Crippen LogP contribution in [0.5, 0.6) is 5.75 Å². The van der Waals surface area contributed by atoms with Crippen LogP contribution in [0.1, 0.15) is 53.0 Å². The number of amides is 2. The normalized spacial score (nSPS) is 12.1. The molecular weight excluding hydrogens is 520 g/mol. The fraction of sp³-hybridized carbons (Fsp3) is 0.226. The molecule has 0 aliphatic rings. The second-order valence-corrected chi connectivity index (χ2v) is 10.2. The van der Waals surface area contributed by atoms with Gasteiger partial charge in [0.1, 0.15) is 11.4 Å². The van der Waals surface area contributed by atoms with E-state index >= 15 is 0 Å². The summed E-state index contributed by atoms with van der Waals surface area (Å²) in [7, 11) is 0. The number of primary amides is 2. The third-order valence-corrected chi connectivity index (χ3v) is 6.98. The quantitative estimate of drug-likeness (QED) is 0.238. The minimum absolute atomic E-state index is 0.115. The first kappa shape index (κ1) is 27.6. The summed E-state index contributed by atoms with van der Waals surface area (Å²) in [5.74, 6) is -0.901. The Morgan fingerprint density at radius 1 is 1.00 bits per heavy atom. The number of rotatable bonds is 10. The zero-order valence-corrected chi connectivity index (χ0v) is 23.1. The van der Waals surface area contributed by atoms with Crippen LogP contribution in [-0.2, 0) is 11.3 Å². The van der Waals surface area contributed by atoms with E-state index < -0.39 is 17.9 Å². The van der Waals surface area contributed by atoms with Crippen molar-refractivity contribution in [2.24, 2.45) is 11.5 Å². The molecule has 0 aliphatic heterocycles. The number of hydrogen-bond acceptors (Lipinski definition) is 6. The molecule has 10 nitrogen and oxygen atoms in total. The number of benzene rings is 3. The third kappa shape index (κ3) is 5.55. The van der Waals surface area contributed by atoms with Crippen molar-refractivity contribution in [3.8, 4) is 22.7 Å². The standard InChI is InChI=1S/C31H32N6O4/c1-18(2)29-19(3)37(25-13-12-21(31(33)40)14-27(25)41-17-28(32)39)35-30(29)22-10-7-11-24-23(22)15-36(34-24)16-26(38)20-8-5-4-6-9-20/h4-15,18,26,38H,16-17H2,1-3H3,(H2,32,39)(H2,33,40)/t26-/m0/s1. The summed E-state index contributed by atoms with van der Waals surface area (Å²) in [5.41, 5.74) is 16.7. The second kappa shape index (κ2) is 11.3. The Morgan fingerprint density at radius 3 is 2.44 bits per heavy atom. The number of carbonyl (C=O) groups excluding carboxylic acids is 2. The summed E-state index contributed by atoms with van der Waals surface area (Å²) in [6.45, 7) is 6.09. The van der Waals surface area contributed by atoms with Crippen LogP contribution in [-0.4, -0.2) is 43.1 Å². The van der Waals surface area contributed by atoms with Gasteiger partial charge in [0.15, 0.2) is 6.61 Å². The Morgan fingerprint density at radius 2 is 1.76 bits per heavy atom. The van der Waals surface area contributed by atoms with Gasteiger partial charge in [-0.25, -0.2) is 4.68 Å². The van der Waals surface area contributed by atoms with Gasteiger partial charge in [0.05, 0.1) is 23.9 Å². The van der Waals surface area contributed by atoms with Gasteiger partial charge in [0, 0.05) is 34.0 Å². The molecule has 0 radical (unpaired) electrons. The lowest BCUT2D eigenvalue weighted by Crippen LogP contribution is -2.21. The first-order valence-electron chi connectivity index (χ1n) is 13.3. The van der Waals surface area contributed by atoms with Crippen LogP contribution in [0.4, 0.5) is 0 Å². The zero-order valence-electron chi connectivity index (χ0n) is 23.1. The Labute approximate surface area is 237 Å². The van der Waals surface area contributed by atoms with Crippen LogP contribution < -0.4 is 16.2 Å². The van der Waals surface area contributed by atoms with E-state index in [1.807, 2.05) is 61.7 Å². The predicted molar refractivity (Wildman–Crippen MR) is 156 cm³/mol. The average Bonchev–Trinajstić information content (AvgIpc) is 3.52. The van der Waals surface area contributed by atoms with Gasteiger partial charge in [0.2, 0.25) is 5.91 Å². The summed E-state index contributed by atoms with van der Waals surface area (Å²) in [5, 5.41) is 21.4. The minimum Gasteiger partial charge on any atom is -0.481 e. The van der Waals surface area contributed by atoms with Gasteiger partial charge < -0.3 is 21.3 Å². The van der Waals surface area contributed by atoms with E-state index in [9.17, 15) is 14.7 Å². The van der Waals surface area contributed by atoms with Gasteiger partial charge in [-0.3, -0.25) is 14.3 Å². The molecule has 5 rings (SSSR count). The van der Waals surface area contributed by atoms with E-state index in [0.717, 1.165) is 39.0 Å². The van der Waals surface area contributed by atoms with Gasteiger partial charge in [-0.2, -0.15) is 10.2 Å². The fourth-order valence-corrected chi connectivity index (χ4v) is 5.10. The van der Waals surface area contributed by atoms with Crippen molar-refractivity contribution in [1.82, 2.24) is 19.6 Å². The highest BCUT2D eigenvalue weighted by Gasteiger charge is 2.24. The van der Waals surface area contributed by atoms with Crippen molar-refractivity contribution in [1.29, 1.82) is 0 Å². The number of hydrogen-bond donors (Lipinski definition) is 3. The monoisotopic (exact) mass is 552 g/mol. The van der Waals surface area contributed by atoms with Crippen LogP contribution >= 0.6 is 0 Å². The molecule has 210 valence electrons. The summed E-state index contributed by atoms with van der Waals surface area (Å²) in [6, 6.07) is 20.1. The molecule has 1 atom stereocenters. The van der Waals surface area contributed by atoms with E-state index in [4.69, 9.17) is 26.4 Å². The summed E-state index contributed by atoms with van der Waals surface area (Å²) >= 11 is 0. The van der Waals surface area contributed by atoms with Crippen molar-refractivity contribution < 1.29 is 19.4 Å². The predicted octanol–water partition coefficient (Wildman–Crippen LogP) is 4.02. The Hall–Kier alpha value is -4.96. The highest BCUT2D eigenvalue weighted by Crippen LogP contribution is 2.37. The summed E-state index contributed by atoms with van der Waals surface area (Å²) < 4.78 is 9.18. The molecule has 2 aromatic heterocycles. The smallest absolute Gasteiger partial charge is 0.255 e. The van der Waals surface area contributed by atoms with Crippen molar-refractivity contribution in [3.05, 3.63) is 95.3 Å². The number of carbonyl (C=O) groups is 2. The first-order chi connectivity index (χ1) is 19.6. The minimum atomic E-state index is -0.705. The molecule has 41 heavy (non-hydrogen) atoms. The first-order valence-corrected chi connectivity index (χ1v) is 13.3. The van der Waals surface area contributed by atoms with Crippen LogP contribution in [0.3, 0.4) is 0 Å². The lowest BCUT2D eigenvalue weighted by molar-refractivity contribution is -0.119. The van der Waals surface area contributed by atoms with E-state index in [1.54, 1.807) is 21.5 Å². The largest absolute Gasteiger partial charge is 0.481 e. The molecule has 3 aromatic carbocycles. The lowest BCUT2D eigenvalue weighted by Gasteiger charge is -2.13. The molecule has 5 N–H and O–H groups in total. The van der Waals surface area contributed by atoms with Crippen molar-refractivity contribution >= 4 is 22.7 Å². The molecule has 2 heterocycles. The van der Waals surface area contributed by atoms with Crippen LogP contribution in [0.2, 0.25) is 0 Å². The molecule has 0 spiro atoms. The maximum atomic E-state index is 11.8. The molecule has 0 bridgehead atoms. The molecular formula is C31H32N6O4. The number of aromatic nitrogens is 4. The number of fused-ring (bicyclic) bond motifs is 1. The van der Waals surface area contributed by atoms with Gasteiger partial charge in [-0.05, 0) is 42.7 Å². The molecule has 5 aromatic rings. The summed E-state index contributed by atoms with van der Waals surface area (Å²) in [4.78, 5) is 23.3. The van der Waals surface area contributed by atoms with Gasteiger partial charge >= 0.3 is 0 Å². The number of aliphatic hydroxyl groups excluding tert-OH is 1. The highest BCUT2D eigenvalue weighted by atomic mass is 16.5. The number of nitrogens with two attached hydrogens (primary N) is 2. The van der Waals surface area contributed by atoms with Crippen LogP contribution in [0, 0.1) is 6.92 Å². The van der Waals surface area contributed by atoms with Gasteiger partial charge in [0.25, 0.3) is 5.91 Å². The fourth-order valence-electron chi connectivity index (χ4n) is 5.10. The van der Waals surface area contributed by atoms with E-state index in [2.05, 4.69) is 13.8 Å². The lowest BCUT2D eigenvalue weighted by atomic mass is 9.95. The van der Waals surface area contributed by atoms with E-state index in [1.165, 1.54) is 6.07 Å². The van der Waals surface area contributed by atoms with Crippen LogP contribution in [0.25, 0.3) is 27.8 Å². The van der Waals surface area contributed by atoms with Crippen molar-refractivity contribution in [2.75, 3.05) is 6.61 Å². The zero-order chi connectivity index (χ0) is 29.3. The second-order valence-electron chi connectivity index (χ2n) is 10.2. The average molecular weight is 553 g/mol. The van der Waals surface area contributed by atoms with Gasteiger partial charge in [-0.15, -0.1) is 0 Å². The molecule has 0 unspecified atom stereocenters. The third-order valence-electron chi connectivity index (χ3n) is 6.98. The van der Waals surface area contributed by atoms with E-state index in [0.29, 0.717) is 12.2 Å². The van der Waals surface area contributed by atoms with Crippen LogP contribution in [0.15, 0.2) is 72.9 Å². The van der Waals surface area contributed by atoms with Crippen molar-refractivity contribution in [3.63, 3.8) is 0 Å². The highest BCUT2D eigenvalue weighted by molar-refractivity contribution is 5.95. The molecule has 10 heteroatoms. The number of aliphatic hydroxyl groups is 1. The van der Waals surface area contributed by atoms with Gasteiger partial charge in [-0.1, -0.05) is 56.3 Å². The molecule has 0 saturated heterocycles. The Bertz CT molecular complexity index is 1740.